The minimum atomic E-state index is -0.784. The predicted octanol–water partition coefficient (Wildman–Crippen LogP) is 4.23. The van der Waals surface area contributed by atoms with E-state index in [0.717, 1.165) is 5.56 Å². The van der Waals surface area contributed by atoms with E-state index >= 15 is 0 Å². The molecule has 1 aliphatic heterocycles. The van der Waals surface area contributed by atoms with Crippen LogP contribution in [0.25, 0.3) is 10.8 Å². The van der Waals surface area contributed by atoms with Crippen molar-refractivity contribution < 1.29 is 5.11 Å². The maximum atomic E-state index is 10.4. The molecule has 3 rings (SSSR count). The molecule has 0 bridgehead atoms. The number of rotatable bonds is 2. The lowest BCUT2D eigenvalue weighted by atomic mass is 9.92. The third-order valence-electron chi connectivity index (χ3n) is 4.14. The smallest absolute Gasteiger partial charge is 0.162 e. The van der Waals surface area contributed by atoms with Gasteiger partial charge in [0.25, 0.3) is 0 Å². The highest BCUT2D eigenvalue weighted by Gasteiger charge is 2.29. The molecule has 1 heterocycles. The minimum absolute atomic E-state index is 0.401. The van der Waals surface area contributed by atoms with E-state index in [-0.39, 0.29) is 0 Å². The van der Waals surface area contributed by atoms with E-state index in [1.165, 1.54) is 46.4 Å². The minimum Gasteiger partial charge on any atom is -0.386 e. The number of aliphatic hydroxyl groups is 1. The molecule has 2 aromatic carbocycles. The Morgan fingerprint density at radius 1 is 0.900 bits per heavy atom. The van der Waals surface area contributed by atoms with Gasteiger partial charge in [0.15, 0.2) is 4.90 Å². The lowest BCUT2D eigenvalue weighted by Crippen LogP contribution is -2.20. The van der Waals surface area contributed by atoms with Gasteiger partial charge in [-0.1, -0.05) is 24.3 Å². The first kappa shape index (κ1) is 14.0. The summed E-state index contributed by atoms with van der Waals surface area (Å²) in [6.45, 7) is 3.74. The summed E-state index contributed by atoms with van der Waals surface area (Å²) in [5.41, 5.74) is 0.255. The van der Waals surface area contributed by atoms with E-state index < -0.39 is 5.60 Å². The van der Waals surface area contributed by atoms with Gasteiger partial charge in [0.2, 0.25) is 0 Å². The van der Waals surface area contributed by atoms with E-state index in [4.69, 9.17) is 0 Å². The largest absolute Gasteiger partial charge is 0.386 e. The van der Waals surface area contributed by atoms with Crippen LogP contribution in [0.3, 0.4) is 0 Å². The van der Waals surface area contributed by atoms with E-state index in [1.54, 1.807) is 0 Å². The highest BCUT2D eigenvalue weighted by molar-refractivity contribution is 7.97. The topological polar surface area (TPSA) is 20.2 Å². The molecule has 0 radical (unpaired) electrons. The van der Waals surface area contributed by atoms with Crippen LogP contribution in [0.1, 0.15) is 38.7 Å². The van der Waals surface area contributed by atoms with Gasteiger partial charge < -0.3 is 5.11 Å². The van der Waals surface area contributed by atoms with Crippen molar-refractivity contribution in [2.45, 2.75) is 43.6 Å². The van der Waals surface area contributed by atoms with Crippen LogP contribution in [0, 0.1) is 0 Å². The lowest BCUT2D eigenvalue weighted by Gasteiger charge is -2.22. The molecule has 1 nitrogen and oxygen atoms in total. The monoisotopic (exact) mass is 287 g/mol. The first-order valence-electron chi connectivity index (χ1n) is 7.49. The molecule has 1 saturated heterocycles. The Bertz CT molecular complexity index is 606. The fraction of sp³-hybridized carbons (Fsp3) is 0.444. The average molecular weight is 287 g/mol. The molecule has 106 valence electrons. The van der Waals surface area contributed by atoms with Crippen LogP contribution < -0.4 is 0 Å². The molecule has 0 aliphatic carbocycles. The van der Waals surface area contributed by atoms with Crippen molar-refractivity contribution in [3.63, 3.8) is 0 Å². The second kappa shape index (κ2) is 5.42. The number of fused-ring (bicyclic) bond motifs is 1. The van der Waals surface area contributed by atoms with Gasteiger partial charge in [-0.25, -0.2) is 0 Å². The fourth-order valence-electron chi connectivity index (χ4n) is 3.11. The maximum Gasteiger partial charge on any atom is 0.162 e. The third kappa shape index (κ3) is 2.59. The second-order valence-corrected chi connectivity index (χ2v) is 8.42. The molecule has 1 N–H and O–H groups in total. The maximum absolute atomic E-state index is 10.4. The Morgan fingerprint density at radius 3 is 2.20 bits per heavy atom. The summed E-state index contributed by atoms with van der Waals surface area (Å²) in [6, 6.07) is 13.0. The molecular formula is C18H23OS+. The van der Waals surface area contributed by atoms with E-state index in [1.807, 2.05) is 13.8 Å². The summed E-state index contributed by atoms with van der Waals surface area (Å²) in [5.74, 6) is 2.68. The average Bonchev–Trinajstić information content (AvgIpc) is 2.46. The van der Waals surface area contributed by atoms with Crippen LogP contribution in [0.15, 0.2) is 41.3 Å². The van der Waals surface area contributed by atoms with Crippen molar-refractivity contribution in [3.8, 4) is 0 Å². The standard InChI is InChI=1S/C18H23OS/c1-18(2,19)16-10-11-17(20-12-6-3-7-13-20)15-9-5-4-8-14(15)16/h4-5,8-11,19H,3,6-7,12-13H2,1-2H3/q+1. The van der Waals surface area contributed by atoms with Gasteiger partial charge in [-0.2, -0.15) is 0 Å². The van der Waals surface area contributed by atoms with Gasteiger partial charge in [-0.05, 0) is 56.2 Å². The van der Waals surface area contributed by atoms with Gasteiger partial charge in [0.1, 0.15) is 11.5 Å². The SMILES string of the molecule is CC(C)(O)c1ccc([S+]2CCCCC2)c2ccccc12. The van der Waals surface area contributed by atoms with Gasteiger partial charge in [-0.15, -0.1) is 0 Å². The van der Waals surface area contributed by atoms with Crippen LogP contribution in [0.5, 0.6) is 0 Å². The zero-order chi connectivity index (χ0) is 14.2. The van der Waals surface area contributed by atoms with Crippen LogP contribution in [-0.4, -0.2) is 16.6 Å². The van der Waals surface area contributed by atoms with Crippen LogP contribution >= 0.6 is 0 Å². The van der Waals surface area contributed by atoms with E-state index in [9.17, 15) is 5.11 Å². The molecule has 20 heavy (non-hydrogen) atoms. The molecule has 0 saturated carbocycles. The quantitative estimate of drug-likeness (QED) is 0.820. The summed E-state index contributed by atoms with van der Waals surface area (Å²) < 4.78 is 0. The first-order valence-corrected chi connectivity index (χ1v) is 9.06. The zero-order valence-corrected chi connectivity index (χ0v) is 13.2. The molecule has 1 fully saturated rings. The summed E-state index contributed by atoms with van der Waals surface area (Å²) in [4.78, 5) is 1.51. The fourth-order valence-corrected chi connectivity index (χ4v) is 5.61. The number of benzene rings is 2. The summed E-state index contributed by atoms with van der Waals surface area (Å²) in [7, 11) is 0.401. The predicted molar refractivity (Wildman–Crippen MR) is 88.4 cm³/mol. The molecule has 0 unspecified atom stereocenters. The molecule has 0 atom stereocenters. The Morgan fingerprint density at radius 2 is 1.55 bits per heavy atom. The first-order chi connectivity index (χ1) is 9.57. The normalized spacial score (nSPS) is 17.6. The van der Waals surface area contributed by atoms with Gasteiger partial charge in [-0.3, -0.25) is 0 Å². The molecular weight excluding hydrogens is 264 g/mol. The molecule has 0 spiro atoms. The third-order valence-corrected chi connectivity index (χ3v) is 6.68. The summed E-state index contributed by atoms with van der Waals surface area (Å²) in [5, 5.41) is 13.0. The molecule has 2 heteroatoms. The molecule has 0 amide bonds. The molecule has 2 aromatic rings. The van der Waals surface area contributed by atoms with Gasteiger partial charge in [0.05, 0.1) is 5.60 Å². The zero-order valence-electron chi connectivity index (χ0n) is 12.4. The van der Waals surface area contributed by atoms with Gasteiger partial charge in [0, 0.05) is 16.3 Å². The summed E-state index contributed by atoms with van der Waals surface area (Å²) in [6.07, 6.45) is 4.12. The van der Waals surface area contributed by atoms with Crippen molar-refractivity contribution in [3.05, 3.63) is 42.0 Å². The Hall–Kier alpha value is -0.990. The van der Waals surface area contributed by atoms with Crippen LogP contribution in [-0.2, 0) is 16.5 Å². The Kier molecular flexibility index (Phi) is 3.78. The van der Waals surface area contributed by atoms with Crippen molar-refractivity contribution in [2.75, 3.05) is 11.5 Å². The number of hydrogen-bond donors (Lipinski definition) is 1. The van der Waals surface area contributed by atoms with Crippen LogP contribution in [0.4, 0.5) is 0 Å². The van der Waals surface area contributed by atoms with E-state index in [2.05, 4.69) is 36.4 Å². The second-order valence-electron chi connectivity index (χ2n) is 6.18. The van der Waals surface area contributed by atoms with Crippen molar-refractivity contribution in [2.24, 2.45) is 0 Å². The van der Waals surface area contributed by atoms with Crippen molar-refractivity contribution in [1.29, 1.82) is 0 Å². The van der Waals surface area contributed by atoms with Crippen molar-refractivity contribution >= 4 is 21.7 Å². The summed E-state index contributed by atoms with van der Waals surface area (Å²) >= 11 is 0. The van der Waals surface area contributed by atoms with Crippen molar-refractivity contribution in [1.82, 2.24) is 0 Å². The van der Waals surface area contributed by atoms with Gasteiger partial charge >= 0.3 is 0 Å². The highest BCUT2D eigenvalue weighted by atomic mass is 32.2. The lowest BCUT2D eigenvalue weighted by molar-refractivity contribution is 0.0801. The Labute approximate surface area is 124 Å². The Balaban J connectivity index is 2.16. The molecule has 0 aromatic heterocycles. The molecule has 1 aliphatic rings. The van der Waals surface area contributed by atoms with E-state index in [0.29, 0.717) is 10.9 Å². The van der Waals surface area contributed by atoms with Crippen LogP contribution in [0.2, 0.25) is 0 Å². The number of hydrogen-bond acceptors (Lipinski definition) is 1. The highest BCUT2D eigenvalue weighted by Crippen LogP contribution is 2.34.